The summed E-state index contributed by atoms with van der Waals surface area (Å²) < 4.78 is 0. The number of nitrogens with zero attached hydrogens (tertiary/aromatic N) is 4. The Morgan fingerprint density at radius 1 is 0.963 bits per heavy atom. The van der Waals surface area contributed by atoms with Crippen LogP contribution in [0.15, 0.2) is 60.9 Å². The van der Waals surface area contributed by atoms with Gasteiger partial charge in [0.15, 0.2) is 0 Å². The SMILES string of the molecule is CN(C)c1ccc(NC(=O)c2cnc(Nc3ccc(C#N)cc3)cn2)cc1. The maximum Gasteiger partial charge on any atom is 0.275 e. The number of anilines is 4. The van der Waals surface area contributed by atoms with Gasteiger partial charge in [-0.15, -0.1) is 0 Å². The van der Waals surface area contributed by atoms with Crippen molar-refractivity contribution in [2.24, 2.45) is 0 Å². The van der Waals surface area contributed by atoms with Gasteiger partial charge in [-0.25, -0.2) is 9.97 Å². The molecule has 7 heteroatoms. The van der Waals surface area contributed by atoms with Crippen LogP contribution in [0.2, 0.25) is 0 Å². The van der Waals surface area contributed by atoms with E-state index in [0.29, 0.717) is 17.1 Å². The molecule has 0 radical (unpaired) electrons. The van der Waals surface area contributed by atoms with Gasteiger partial charge >= 0.3 is 0 Å². The third kappa shape index (κ3) is 4.58. The first-order chi connectivity index (χ1) is 13.0. The molecule has 134 valence electrons. The summed E-state index contributed by atoms with van der Waals surface area (Å²) >= 11 is 0. The molecule has 0 bridgehead atoms. The van der Waals surface area contributed by atoms with Crippen LogP contribution >= 0.6 is 0 Å². The molecule has 3 rings (SSSR count). The molecule has 0 saturated carbocycles. The van der Waals surface area contributed by atoms with Crippen LogP contribution < -0.4 is 15.5 Å². The van der Waals surface area contributed by atoms with Crippen molar-refractivity contribution < 1.29 is 4.79 Å². The third-order valence-electron chi connectivity index (χ3n) is 3.81. The quantitative estimate of drug-likeness (QED) is 0.726. The van der Waals surface area contributed by atoms with E-state index in [4.69, 9.17) is 5.26 Å². The third-order valence-corrected chi connectivity index (χ3v) is 3.81. The Morgan fingerprint density at radius 2 is 1.63 bits per heavy atom. The molecular weight excluding hydrogens is 340 g/mol. The second-order valence-corrected chi connectivity index (χ2v) is 6.00. The Morgan fingerprint density at radius 3 is 2.19 bits per heavy atom. The summed E-state index contributed by atoms with van der Waals surface area (Å²) in [4.78, 5) is 22.6. The number of carbonyl (C=O) groups excluding carboxylic acids is 1. The summed E-state index contributed by atoms with van der Waals surface area (Å²) in [6.45, 7) is 0. The highest BCUT2D eigenvalue weighted by Crippen LogP contribution is 2.17. The monoisotopic (exact) mass is 358 g/mol. The van der Waals surface area contributed by atoms with Crippen LogP contribution in [-0.2, 0) is 0 Å². The molecule has 1 heterocycles. The van der Waals surface area contributed by atoms with Gasteiger partial charge in [0.05, 0.1) is 24.0 Å². The molecule has 2 aromatic carbocycles. The minimum atomic E-state index is -0.329. The van der Waals surface area contributed by atoms with Crippen molar-refractivity contribution in [3.63, 3.8) is 0 Å². The summed E-state index contributed by atoms with van der Waals surface area (Å²) in [6.07, 6.45) is 2.90. The van der Waals surface area contributed by atoms with Crippen molar-refractivity contribution in [2.45, 2.75) is 0 Å². The lowest BCUT2D eigenvalue weighted by atomic mass is 10.2. The van der Waals surface area contributed by atoms with E-state index in [0.717, 1.165) is 11.4 Å². The average Bonchev–Trinajstić information content (AvgIpc) is 2.69. The molecular formula is C20H18N6O. The van der Waals surface area contributed by atoms with Gasteiger partial charge in [0.25, 0.3) is 5.91 Å². The number of carbonyl (C=O) groups is 1. The van der Waals surface area contributed by atoms with Crippen molar-refractivity contribution in [1.29, 1.82) is 5.26 Å². The van der Waals surface area contributed by atoms with Crippen LogP contribution in [0.25, 0.3) is 0 Å². The highest BCUT2D eigenvalue weighted by molar-refractivity contribution is 6.02. The first-order valence-electron chi connectivity index (χ1n) is 8.23. The first kappa shape index (κ1) is 17.9. The Balaban J connectivity index is 1.63. The molecule has 0 saturated heterocycles. The lowest BCUT2D eigenvalue weighted by molar-refractivity contribution is 0.102. The van der Waals surface area contributed by atoms with Gasteiger partial charge in [0.2, 0.25) is 0 Å². The topological polar surface area (TPSA) is 93.9 Å². The predicted octanol–water partition coefficient (Wildman–Crippen LogP) is 3.41. The van der Waals surface area contributed by atoms with Crippen molar-refractivity contribution >= 4 is 28.8 Å². The number of hydrogen-bond acceptors (Lipinski definition) is 6. The molecule has 0 aliphatic rings. The standard InChI is InChI=1S/C20H18N6O/c1-26(2)17-9-7-16(8-10-17)25-20(27)18-12-23-19(13-22-18)24-15-5-3-14(11-21)4-6-15/h3-10,12-13H,1-2H3,(H,23,24)(H,25,27). The van der Waals surface area contributed by atoms with Gasteiger partial charge in [-0.05, 0) is 48.5 Å². The molecule has 3 aromatic rings. The van der Waals surface area contributed by atoms with E-state index in [1.165, 1.54) is 12.4 Å². The number of hydrogen-bond donors (Lipinski definition) is 2. The van der Waals surface area contributed by atoms with Gasteiger partial charge in [0, 0.05) is 31.2 Å². The predicted molar refractivity (Wildman–Crippen MR) is 105 cm³/mol. The van der Waals surface area contributed by atoms with Crippen LogP contribution in [0.1, 0.15) is 16.1 Å². The minimum Gasteiger partial charge on any atom is -0.378 e. The number of aromatic nitrogens is 2. The summed E-state index contributed by atoms with van der Waals surface area (Å²) in [7, 11) is 3.91. The van der Waals surface area contributed by atoms with Crippen LogP contribution in [0, 0.1) is 11.3 Å². The van der Waals surface area contributed by atoms with Crippen molar-refractivity contribution in [3.8, 4) is 6.07 Å². The van der Waals surface area contributed by atoms with Crippen molar-refractivity contribution in [2.75, 3.05) is 29.6 Å². The maximum absolute atomic E-state index is 12.3. The second kappa shape index (κ2) is 7.97. The molecule has 1 aromatic heterocycles. The number of nitrogens with one attached hydrogen (secondary N) is 2. The van der Waals surface area contributed by atoms with Crippen LogP contribution in [0.3, 0.4) is 0 Å². The second-order valence-electron chi connectivity index (χ2n) is 6.00. The van der Waals surface area contributed by atoms with E-state index < -0.39 is 0 Å². The molecule has 0 aliphatic carbocycles. The van der Waals surface area contributed by atoms with Crippen LogP contribution in [0.4, 0.5) is 22.9 Å². The Kier molecular flexibility index (Phi) is 5.28. The minimum absolute atomic E-state index is 0.220. The number of nitriles is 1. The van der Waals surface area contributed by atoms with Gasteiger partial charge < -0.3 is 15.5 Å². The van der Waals surface area contributed by atoms with E-state index in [9.17, 15) is 4.79 Å². The fourth-order valence-corrected chi connectivity index (χ4v) is 2.32. The largest absolute Gasteiger partial charge is 0.378 e. The van der Waals surface area contributed by atoms with Crippen molar-refractivity contribution in [1.82, 2.24) is 9.97 Å². The molecule has 2 N–H and O–H groups in total. The lowest BCUT2D eigenvalue weighted by Crippen LogP contribution is -2.14. The van der Waals surface area contributed by atoms with Gasteiger partial charge in [0.1, 0.15) is 11.5 Å². The Bertz CT molecular complexity index is 957. The fourth-order valence-electron chi connectivity index (χ4n) is 2.32. The maximum atomic E-state index is 12.3. The Hall–Kier alpha value is -3.92. The van der Waals surface area contributed by atoms with Gasteiger partial charge in [-0.1, -0.05) is 0 Å². The lowest BCUT2D eigenvalue weighted by Gasteiger charge is -2.13. The summed E-state index contributed by atoms with van der Waals surface area (Å²) in [5.41, 5.74) is 3.31. The molecule has 0 aliphatic heterocycles. The van der Waals surface area contributed by atoms with Crippen molar-refractivity contribution in [3.05, 3.63) is 72.2 Å². The highest BCUT2D eigenvalue weighted by Gasteiger charge is 2.09. The van der Waals surface area contributed by atoms with Gasteiger partial charge in [-0.2, -0.15) is 5.26 Å². The smallest absolute Gasteiger partial charge is 0.275 e. The number of benzene rings is 2. The molecule has 27 heavy (non-hydrogen) atoms. The summed E-state index contributed by atoms with van der Waals surface area (Å²) in [5, 5.41) is 14.7. The van der Waals surface area contributed by atoms with E-state index in [1.807, 2.05) is 43.3 Å². The summed E-state index contributed by atoms with van der Waals surface area (Å²) in [5.74, 6) is 0.177. The first-order valence-corrected chi connectivity index (χ1v) is 8.23. The molecule has 0 fully saturated rings. The highest BCUT2D eigenvalue weighted by atomic mass is 16.1. The molecule has 0 spiro atoms. The van der Waals surface area contributed by atoms with E-state index in [1.54, 1.807) is 24.3 Å². The van der Waals surface area contributed by atoms with E-state index in [2.05, 4.69) is 26.7 Å². The number of rotatable bonds is 5. The van der Waals surface area contributed by atoms with E-state index >= 15 is 0 Å². The zero-order chi connectivity index (χ0) is 19.2. The molecule has 0 unspecified atom stereocenters. The van der Waals surface area contributed by atoms with E-state index in [-0.39, 0.29) is 11.6 Å². The fraction of sp³-hybridized carbons (Fsp3) is 0.100. The molecule has 7 nitrogen and oxygen atoms in total. The summed E-state index contributed by atoms with van der Waals surface area (Å²) in [6, 6.07) is 16.5. The van der Waals surface area contributed by atoms with Crippen LogP contribution in [0.5, 0.6) is 0 Å². The molecule has 0 atom stereocenters. The van der Waals surface area contributed by atoms with Crippen LogP contribution in [-0.4, -0.2) is 30.0 Å². The molecule has 1 amide bonds. The zero-order valence-electron chi connectivity index (χ0n) is 15.0. The number of amides is 1. The Labute approximate surface area is 157 Å². The zero-order valence-corrected chi connectivity index (χ0v) is 15.0. The average molecular weight is 358 g/mol. The van der Waals surface area contributed by atoms with Gasteiger partial charge in [-0.3, -0.25) is 4.79 Å². The normalized spacial score (nSPS) is 9.96.